The summed E-state index contributed by atoms with van der Waals surface area (Å²) in [6.07, 6.45) is 0. The normalized spacial score (nSPS) is 14.8. The minimum atomic E-state index is -0.235. The average molecular weight is 355 g/mol. The third kappa shape index (κ3) is 5.00. The number of anilines is 2. The maximum Gasteiger partial charge on any atom is 0.274 e. The summed E-state index contributed by atoms with van der Waals surface area (Å²) in [7, 11) is 0. The summed E-state index contributed by atoms with van der Waals surface area (Å²) in [5, 5.41) is 6.13. The van der Waals surface area contributed by atoms with Gasteiger partial charge in [-0.2, -0.15) is 0 Å². The number of ether oxygens (including phenoxy) is 1. The second kappa shape index (κ2) is 8.73. The number of aryl methyl sites for hydroxylation is 2. The zero-order valence-corrected chi connectivity index (χ0v) is 15.3. The fourth-order valence-electron chi connectivity index (χ4n) is 2.81. The van der Waals surface area contributed by atoms with Crippen LogP contribution in [-0.4, -0.2) is 60.2 Å². The first kappa shape index (κ1) is 18.3. The number of nitrogens with one attached hydrogen (secondary N) is 2. The van der Waals surface area contributed by atoms with Crippen LogP contribution in [0.5, 0.6) is 0 Å². The Hall–Kier alpha value is -2.51. The Morgan fingerprint density at radius 3 is 2.73 bits per heavy atom. The van der Waals surface area contributed by atoms with Crippen LogP contribution >= 0.6 is 0 Å². The molecule has 0 saturated carbocycles. The van der Waals surface area contributed by atoms with Crippen molar-refractivity contribution >= 4 is 17.5 Å². The smallest absolute Gasteiger partial charge is 0.274 e. The van der Waals surface area contributed by atoms with Gasteiger partial charge >= 0.3 is 0 Å². The molecular weight excluding hydrogens is 330 g/mol. The maximum atomic E-state index is 12.5. The van der Waals surface area contributed by atoms with E-state index in [9.17, 15) is 4.79 Å². The minimum Gasteiger partial charge on any atom is -0.379 e. The van der Waals surface area contributed by atoms with Crippen LogP contribution in [0.3, 0.4) is 0 Å². The lowest BCUT2D eigenvalue weighted by atomic mass is 10.2. The fourth-order valence-corrected chi connectivity index (χ4v) is 2.81. The third-order valence-electron chi connectivity index (χ3n) is 4.29. The van der Waals surface area contributed by atoms with Gasteiger partial charge in [-0.25, -0.2) is 9.97 Å². The highest BCUT2D eigenvalue weighted by atomic mass is 16.5. The molecule has 138 valence electrons. The van der Waals surface area contributed by atoms with E-state index in [-0.39, 0.29) is 5.91 Å². The highest BCUT2D eigenvalue weighted by molar-refractivity contribution is 6.03. The van der Waals surface area contributed by atoms with Crippen molar-refractivity contribution in [1.82, 2.24) is 14.9 Å². The summed E-state index contributed by atoms with van der Waals surface area (Å²) in [5.74, 6) is 0.245. The highest BCUT2D eigenvalue weighted by Gasteiger charge is 2.13. The SMILES string of the molecule is Cc1cc(C(=O)Nc2ccccc2C)nc(NCCN2CCOCC2)n1. The molecule has 0 unspecified atom stereocenters. The van der Waals surface area contributed by atoms with E-state index in [1.165, 1.54) is 0 Å². The first-order valence-corrected chi connectivity index (χ1v) is 8.88. The van der Waals surface area contributed by atoms with E-state index in [1.54, 1.807) is 6.07 Å². The Labute approximate surface area is 153 Å². The van der Waals surface area contributed by atoms with Crippen LogP contribution in [0.4, 0.5) is 11.6 Å². The standard InChI is InChI=1S/C19H25N5O2/c1-14-5-3-4-6-16(14)22-18(25)17-13-15(2)21-19(23-17)20-7-8-24-9-11-26-12-10-24/h3-6,13H,7-12H2,1-2H3,(H,22,25)(H,20,21,23). The number of hydrogen-bond donors (Lipinski definition) is 2. The molecule has 0 aliphatic carbocycles. The largest absolute Gasteiger partial charge is 0.379 e. The van der Waals surface area contributed by atoms with E-state index >= 15 is 0 Å². The van der Waals surface area contributed by atoms with E-state index in [0.29, 0.717) is 11.6 Å². The summed E-state index contributed by atoms with van der Waals surface area (Å²) < 4.78 is 5.35. The predicted molar refractivity (Wildman–Crippen MR) is 102 cm³/mol. The van der Waals surface area contributed by atoms with Crippen LogP contribution in [-0.2, 0) is 4.74 Å². The predicted octanol–water partition coefficient (Wildman–Crippen LogP) is 2.09. The Bertz CT molecular complexity index is 759. The number of hydrogen-bond acceptors (Lipinski definition) is 6. The number of para-hydroxylation sites is 1. The van der Waals surface area contributed by atoms with Crippen molar-refractivity contribution in [2.45, 2.75) is 13.8 Å². The number of amides is 1. The number of morpholine rings is 1. The van der Waals surface area contributed by atoms with Crippen LogP contribution in [0.1, 0.15) is 21.7 Å². The molecule has 2 aromatic rings. The lowest BCUT2D eigenvalue weighted by Crippen LogP contribution is -2.39. The molecule has 2 N–H and O–H groups in total. The van der Waals surface area contributed by atoms with Gasteiger partial charge in [0.2, 0.25) is 5.95 Å². The Balaban J connectivity index is 1.61. The van der Waals surface area contributed by atoms with Crippen LogP contribution in [0.25, 0.3) is 0 Å². The van der Waals surface area contributed by atoms with Gasteiger partial charge in [-0.15, -0.1) is 0 Å². The number of aromatic nitrogens is 2. The van der Waals surface area contributed by atoms with Gasteiger partial charge in [0.25, 0.3) is 5.91 Å². The van der Waals surface area contributed by atoms with E-state index in [4.69, 9.17) is 4.74 Å². The van der Waals surface area contributed by atoms with E-state index in [2.05, 4.69) is 25.5 Å². The Morgan fingerprint density at radius 2 is 1.96 bits per heavy atom. The molecule has 0 spiro atoms. The van der Waals surface area contributed by atoms with Crippen LogP contribution in [0, 0.1) is 13.8 Å². The quantitative estimate of drug-likeness (QED) is 0.826. The Morgan fingerprint density at radius 1 is 1.19 bits per heavy atom. The number of benzene rings is 1. The van der Waals surface area contributed by atoms with Crippen molar-refractivity contribution in [3.05, 3.63) is 47.3 Å². The van der Waals surface area contributed by atoms with Gasteiger partial charge in [-0.3, -0.25) is 9.69 Å². The van der Waals surface area contributed by atoms with Crippen LogP contribution < -0.4 is 10.6 Å². The molecule has 3 rings (SSSR count). The molecule has 0 atom stereocenters. The van der Waals surface area contributed by atoms with Gasteiger partial charge in [0, 0.05) is 37.6 Å². The maximum absolute atomic E-state index is 12.5. The fraction of sp³-hybridized carbons (Fsp3) is 0.421. The van der Waals surface area contributed by atoms with Gasteiger partial charge < -0.3 is 15.4 Å². The molecule has 1 aliphatic heterocycles. The van der Waals surface area contributed by atoms with Gasteiger partial charge in [-0.05, 0) is 31.5 Å². The van der Waals surface area contributed by atoms with Gasteiger partial charge in [0.1, 0.15) is 5.69 Å². The van der Waals surface area contributed by atoms with Crippen molar-refractivity contribution in [3.8, 4) is 0 Å². The zero-order valence-electron chi connectivity index (χ0n) is 15.3. The number of rotatable bonds is 6. The second-order valence-corrected chi connectivity index (χ2v) is 6.37. The van der Waals surface area contributed by atoms with Gasteiger partial charge in [0.05, 0.1) is 13.2 Å². The number of carbonyl (C=O) groups is 1. The summed E-state index contributed by atoms with van der Waals surface area (Å²) in [5.41, 5.74) is 2.91. The molecule has 2 heterocycles. The highest BCUT2D eigenvalue weighted by Crippen LogP contribution is 2.15. The molecule has 26 heavy (non-hydrogen) atoms. The molecule has 7 heteroatoms. The molecule has 1 amide bonds. The van der Waals surface area contributed by atoms with E-state index in [0.717, 1.165) is 56.3 Å². The molecule has 1 saturated heterocycles. The van der Waals surface area contributed by atoms with Gasteiger partial charge in [-0.1, -0.05) is 18.2 Å². The van der Waals surface area contributed by atoms with Crippen molar-refractivity contribution in [2.75, 3.05) is 50.0 Å². The van der Waals surface area contributed by atoms with Crippen LogP contribution in [0.15, 0.2) is 30.3 Å². The number of carbonyl (C=O) groups excluding carboxylic acids is 1. The van der Waals surface area contributed by atoms with Crippen molar-refractivity contribution in [3.63, 3.8) is 0 Å². The second-order valence-electron chi connectivity index (χ2n) is 6.37. The van der Waals surface area contributed by atoms with Gasteiger partial charge in [0.15, 0.2) is 0 Å². The van der Waals surface area contributed by atoms with Crippen LogP contribution in [0.2, 0.25) is 0 Å². The number of nitrogens with zero attached hydrogens (tertiary/aromatic N) is 3. The summed E-state index contributed by atoms with van der Waals surface area (Å²) >= 11 is 0. The Kier molecular flexibility index (Phi) is 6.14. The lowest BCUT2D eigenvalue weighted by Gasteiger charge is -2.26. The topological polar surface area (TPSA) is 79.4 Å². The minimum absolute atomic E-state index is 0.235. The summed E-state index contributed by atoms with van der Waals surface area (Å²) in [4.78, 5) is 23.6. The molecule has 7 nitrogen and oxygen atoms in total. The molecule has 1 aromatic carbocycles. The van der Waals surface area contributed by atoms with Crippen molar-refractivity contribution in [2.24, 2.45) is 0 Å². The molecule has 1 fully saturated rings. The van der Waals surface area contributed by atoms with E-state index < -0.39 is 0 Å². The first-order chi connectivity index (χ1) is 12.6. The average Bonchev–Trinajstić information content (AvgIpc) is 2.64. The molecule has 0 radical (unpaired) electrons. The van der Waals surface area contributed by atoms with Crippen molar-refractivity contribution < 1.29 is 9.53 Å². The lowest BCUT2D eigenvalue weighted by molar-refractivity contribution is 0.0398. The molecular formula is C19H25N5O2. The third-order valence-corrected chi connectivity index (χ3v) is 4.29. The molecule has 0 bridgehead atoms. The summed E-state index contributed by atoms with van der Waals surface area (Å²) in [6, 6.07) is 9.37. The molecule has 1 aliphatic rings. The van der Waals surface area contributed by atoms with Crippen molar-refractivity contribution in [1.29, 1.82) is 0 Å². The zero-order chi connectivity index (χ0) is 18.4. The first-order valence-electron chi connectivity index (χ1n) is 8.88. The molecule has 1 aromatic heterocycles. The van der Waals surface area contributed by atoms with E-state index in [1.807, 2.05) is 38.1 Å². The summed E-state index contributed by atoms with van der Waals surface area (Å²) in [6.45, 7) is 8.89. The monoisotopic (exact) mass is 355 g/mol.